The first-order chi connectivity index (χ1) is 4.34. The molecule has 0 aromatic heterocycles. The van der Waals surface area contributed by atoms with E-state index >= 15 is 0 Å². The molecule has 0 radical (unpaired) electrons. The third-order valence-corrected chi connectivity index (χ3v) is 1.77. The first kappa shape index (κ1) is 6.96. The zero-order valence-electron chi connectivity index (χ0n) is 5.65. The molecule has 0 aromatic rings. The third-order valence-electron chi connectivity index (χ3n) is 1.77. The van der Waals surface area contributed by atoms with Crippen LogP contribution in [0.5, 0.6) is 0 Å². The van der Waals surface area contributed by atoms with Gasteiger partial charge in [0.1, 0.15) is 6.17 Å². The van der Waals surface area contributed by atoms with E-state index in [0.29, 0.717) is 6.42 Å². The fourth-order valence-electron chi connectivity index (χ4n) is 1.11. The number of alkyl halides is 1. The van der Waals surface area contributed by atoms with Crippen molar-refractivity contribution in [1.82, 2.24) is 10.6 Å². The highest BCUT2D eigenvalue weighted by molar-refractivity contribution is 4.81. The number of likely N-dealkylation sites (N-methyl/N-ethyl adjacent to an activating group) is 1. The largest absolute Gasteiger partial charge is 0.315 e. The Bertz CT molecular complexity index is 87.1. The van der Waals surface area contributed by atoms with Crippen molar-refractivity contribution in [2.24, 2.45) is 0 Å². The van der Waals surface area contributed by atoms with Crippen molar-refractivity contribution in [2.45, 2.75) is 18.6 Å². The molecule has 2 N–H and O–H groups in total. The normalized spacial score (nSPS) is 36.7. The molecule has 1 rings (SSSR count). The number of hydrogen-bond donors (Lipinski definition) is 2. The molecule has 1 saturated heterocycles. The van der Waals surface area contributed by atoms with Gasteiger partial charge in [-0.1, -0.05) is 0 Å². The highest BCUT2D eigenvalue weighted by atomic mass is 19.1. The van der Waals surface area contributed by atoms with E-state index in [-0.39, 0.29) is 6.04 Å². The summed E-state index contributed by atoms with van der Waals surface area (Å²) >= 11 is 0. The average Bonchev–Trinajstić information content (AvgIpc) is 1.89. The highest BCUT2D eigenvalue weighted by Gasteiger charge is 2.21. The predicted molar refractivity (Wildman–Crippen MR) is 35.2 cm³/mol. The van der Waals surface area contributed by atoms with Crippen LogP contribution in [0.3, 0.4) is 0 Å². The van der Waals surface area contributed by atoms with E-state index in [0.717, 1.165) is 13.1 Å². The molecule has 0 aliphatic carbocycles. The minimum Gasteiger partial charge on any atom is -0.315 e. The number of hydrogen-bond acceptors (Lipinski definition) is 2. The summed E-state index contributed by atoms with van der Waals surface area (Å²) in [4.78, 5) is 0. The van der Waals surface area contributed by atoms with Crippen LogP contribution in [0.4, 0.5) is 4.39 Å². The molecule has 9 heavy (non-hydrogen) atoms. The van der Waals surface area contributed by atoms with Crippen molar-refractivity contribution in [3.63, 3.8) is 0 Å². The predicted octanol–water partition coefficient (Wildman–Crippen LogP) is -0.0942. The standard InChI is InChI=1S/C6H13FN2/c1-8-6-4-9-3-2-5(6)7/h5-6,8-9H,2-4H2,1H3/t5-,6+/m1/s1. The summed E-state index contributed by atoms with van der Waals surface area (Å²) < 4.78 is 12.7. The van der Waals surface area contributed by atoms with Crippen LogP contribution in [-0.4, -0.2) is 32.4 Å². The molecule has 0 bridgehead atoms. The second kappa shape index (κ2) is 3.13. The van der Waals surface area contributed by atoms with Gasteiger partial charge in [0.2, 0.25) is 0 Å². The molecule has 0 amide bonds. The lowest BCUT2D eigenvalue weighted by Crippen LogP contribution is -2.48. The van der Waals surface area contributed by atoms with E-state index in [9.17, 15) is 4.39 Å². The van der Waals surface area contributed by atoms with E-state index in [4.69, 9.17) is 0 Å². The van der Waals surface area contributed by atoms with Crippen molar-refractivity contribution >= 4 is 0 Å². The van der Waals surface area contributed by atoms with Gasteiger partial charge in [0.25, 0.3) is 0 Å². The monoisotopic (exact) mass is 132 g/mol. The third kappa shape index (κ3) is 1.63. The lowest BCUT2D eigenvalue weighted by atomic mass is 10.1. The summed E-state index contributed by atoms with van der Waals surface area (Å²) in [5.74, 6) is 0. The Balaban J connectivity index is 2.30. The maximum atomic E-state index is 12.7. The molecule has 1 aliphatic heterocycles. The second-order valence-electron chi connectivity index (χ2n) is 2.40. The summed E-state index contributed by atoms with van der Waals surface area (Å²) in [6.07, 6.45) is -0.0119. The second-order valence-corrected chi connectivity index (χ2v) is 2.40. The van der Waals surface area contributed by atoms with Crippen LogP contribution < -0.4 is 10.6 Å². The summed E-state index contributed by atoms with van der Waals surface area (Å²) in [5, 5.41) is 6.03. The van der Waals surface area contributed by atoms with E-state index in [1.54, 1.807) is 7.05 Å². The van der Waals surface area contributed by atoms with Crippen LogP contribution in [0.15, 0.2) is 0 Å². The van der Waals surface area contributed by atoms with Gasteiger partial charge in [0.05, 0.1) is 6.04 Å². The fourth-order valence-corrected chi connectivity index (χ4v) is 1.11. The van der Waals surface area contributed by atoms with E-state index in [1.807, 2.05) is 0 Å². The lowest BCUT2D eigenvalue weighted by molar-refractivity contribution is 0.208. The first-order valence-corrected chi connectivity index (χ1v) is 3.36. The summed E-state index contributed by atoms with van der Waals surface area (Å²) in [6, 6.07) is 0.0266. The minimum absolute atomic E-state index is 0.0266. The molecule has 1 fully saturated rings. The fraction of sp³-hybridized carbons (Fsp3) is 1.00. The SMILES string of the molecule is CN[C@H]1CNCC[C@H]1F. The molecule has 0 aromatic carbocycles. The van der Waals surface area contributed by atoms with Gasteiger partial charge in [-0.15, -0.1) is 0 Å². The Labute approximate surface area is 54.8 Å². The average molecular weight is 132 g/mol. The van der Waals surface area contributed by atoms with Crippen LogP contribution in [-0.2, 0) is 0 Å². The molecular formula is C6H13FN2. The van der Waals surface area contributed by atoms with Crippen molar-refractivity contribution < 1.29 is 4.39 Å². The summed E-state index contributed by atoms with van der Waals surface area (Å²) in [5.41, 5.74) is 0. The Hall–Kier alpha value is -0.150. The first-order valence-electron chi connectivity index (χ1n) is 3.36. The maximum Gasteiger partial charge on any atom is 0.118 e. The smallest absolute Gasteiger partial charge is 0.118 e. The number of piperidine rings is 1. The van der Waals surface area contributed by atoms with Crippen molar-refractivity contribution in [3.8, 4) is 0 Å². The maximum absolute atomic E-state index is 12.7. The molecule has 0 unspecified atom stereocenters. The topological polar surface area (TPSA) is 24.1 Å². The summed E-state index contributed by atoms with van der Waals surface area (Å²) in [7, 11) is 1.80. The van der Waals surface area contributed by atoms with Gasteiger partial charge < -0.3 is 10.6 Å². The Morgan fingerprint density at radius 3 is 2.89 bits per heavy atom. The van der Waals surface area contributed by atoms with E-state index in [2.05, 4.69) is 10.6 Å². The van der Waals surface area contributed by atoms with Crippen LogP contribution in [0.2, 0.25) is 0 Å². The number of rotatable bonds is 1. The lowest BCUT2D eigenvalue weighted by Gasteiger charge is -2.25. The van der Waals surface area contributed by atoms with Crippen LogP contribution >= 0.6 is 0 Å². The van der Waals surface area contributed by atoms with Gasteiger partial charge >= 0.3 is 0 Å². The molecule has 1 heterocycles. The van der Waals surface area contributed by atoms with Gasteiger partial charge in [0, 0.05) is 6.54 Å². The van der Waals surface area contributed by atoms with Crippen molar-refractivity contribution in [1.29, 1.82) is 0 Å². The Kier molecular flexibility index (Phi) is 2.42. The van der Waals surface area contributed by atoms with Crippen LogP contribution in [0.1, 0.15) is 6.42 Å². The number of nitrogens with one attached hydrogen (secondary N) is 2. The van der Waals surface area contributed by atoms with Crippen LogP contribution in [0, 0.1) is 0 Å². The van der Waals surface area contributed by atoms with Crippen molar-refractivity contribution in [3.05, 3.63) is 0 Å². The van der Waals surface area contributed by atoms with E-state index < -0.39 is 6.17 Å². The van der Waals surface area contributed by atoms with Crippen molar-refractivity contribution in [2.75, 3.05) is 20.1 Å². The number of halogens is 1. The molecule has 0 spiro atoms. The Morgan fingerprint density at radius 2 is 2.44 bits per heavy atom. The zero-order valence-corrected chi connectivity index (χ0v) is 5.65. The molecule has 2 nitrogen and oxygen atoms in total. The minimum atomic E-state index is -0.656. The zero-order chi connectivity index (χ0) is 6.69. The molecular weight excluding hydrogens is 119 g/mol. The Morgan fingerprint density at radius 1 is 1.67 bits per heavy atom. The van der Waals surface area contributed by atoms with Gasteiger partial charge in [-0.25, -0.2) is 4.39 Å². The highest BCUT2D eigenvalue weighted by Crippen LogP contribution is 2.06. The molecule has 0 saturated carbocycles. The van der Waals surface area contributed by atoms with E-state index in [1.165, 1.54) is 0 Å². The van der Waals surface area contributed by atoms with Crippen LogP contribution in [0.25, 0.3) is 0 Å². The summed E-state index contributed by atoms with van der Waals surface area (Å²) in [6.45, 7) is 1.58. The molecule has 1 aliphatic rings. The van der Waals surface area contributed by atoms with Gasteiger partial charge in [-0.05, 0) is 20.0 Å². The van der Waals surface area contributed by atoms with Gasteiger partial charge in [0.15, 0.2) is 0 Å². The molecule has 54 valence electrons. The van der Waals surface area contributed by atoms with Gasteiger partial charge in [-0.2, -0.15) is 0 Å². The quantitative estimate of drug-likeness (QED) is 0.521. The molecule has 3 heteroatoms. The van der Waals surface area contributed by atoms with Gasteiger partial charge in [-0.3, -0.25) is 0 Å². The molecule has 2 atom stereocenters.